The smallest absolute Gasteiger partial charge is 0.272 e. The second-order valence-corrected chi connectivity index (χ2v) is 7.96. The molecule has 0 aliphatic carbocycles. The van der Waals surface area contributed by atoms with Gasteiger partial charge < -0.3 is 9.64 Å². The highest BCUT2D eigenvalue weighted by atomic mass is 35.5. The van der Waals surface area contributed by atoms with Crippen LogP contribution in [0, 0.1) is 0 Å². The number of hydrogen-bond donors (Lipinski definition) is 1. The van der Waals surface area contributed by atoms with E-state index in [4.69, 9.17) is 16.3 Å². The molecule has 0 spiro atoms. The number of fused-ring (bicyclic) bond motifs is 2. The Kier molecular flexibility index (Phi) is 5.14. The molecule has 1 amide bonds. The number of nitrogens with zero attached hydrogens (tertiary/aromatic N) is 4. The van der Waals surface area contributed by atoms with Crippen molar-refractivity contribution in [2.45, 2.75) is 19.9 Å². The summed E-state index contributed by atoms with van der Waals surface area (Å²) in [6, 6.07) is 12.7. The van der Waals surface area contributed by atoms with E-state index in [-0.39, 0.29) is 18.0 Å². The highest BCUT2D eigenvalue weighted by molar-refractivity contribution is 6.30. The van der Waals surface area contributed by atoms with Gasteiger partial charge in [0, 0.05) is 24.7 Å². The van der Waals surface area contributed by atoms with Crippen molar-refractivity contribution in [2.24, 2.45) is 0 Å². The molecule has 0 atom stereocenters. The predicted octanol–water partition coefficient (Wildman–Crippen LogP) is 3.34. The lowest BCUT2D eigenvalue weighted by Gasteiger charge is -2.27. The zero-order valence-electron chi connectivity index (χ0n) is 17.3. The van der Waals surface area contributed by atoms with E-state index in [1.165, 1.54) is 4.40 Å². The number of pyridine rings is 1. The molecule has 8 nitrogen and oxygen atoms in total. The highest BCUT2D eigenvalue weighted by Crippen LogP contribution is 2.23. The average Bonchev–Trinajstić information content (AvgIpc) is 3.30. The van der Waals surface area contributed by atoms with Crippen LogP contribution in [0.3, 0.4) is 0 Å². The molecule has 3 aromatic heterocycles. The molecule has 1 aliphatic rings. The minimum Gasteiger partial charge on any atom is -0.494 e. The van der Waals surface area contributed by atoms with Gasteiger partial charge in [0.2, 0.25) is 0 Å². The Morgan fingerprint density at radius 1 is 1.22 bits per heavy atom. The first-order valence-corrected chi connectivity index (χ1v) is 10.7. The quantitative estimate of drug-likeness (QED) is 0.516. The molecule has 5 rings (SSSR count). The zero-order valence-corrected chi connectivity index (χ0v) is 18.1. The van der Waals surface area contributed by atoms with Crippen molar-refractivity contribution in [3.63, 3.8) is 0 Å². The number of halogens is 1. The minimum absolute atomic E-state index is 0.187. The van der Waals surface area contributed by atoms with E-state index in [0.29, 0.717) is 47.2 Å². The van der Waals surface area contributed by atoms with Crippen LogP contribution in [0.25, 0.3) is 16.9 Å². The van der Waals surface area contributed by atoms with E-state index in [1.54, 1.807) is 29.3 Å². The Morgan fingerprint density at radius 3 is 2.81 bits per heavy atom. The van der Waals surface area contributed by atoms with Gasteiger partial charge in [-0.05, 0) is 49.4 Å². The standard InChI is InChI=1S/C23H20ClN5O3/c1-2-32-16-6-3-14(4-7-16)19-11-20(27-26-19)23(31)28-10-9-18-17(13-28)22(30)29-12-15(24)5-8-21(29)25-18/h3-8,11-12H,2,9-10,13H2,1H3,(H,26,27). The maximum atomic E-state index is 13.1. The lowest BCUT2D eigenvalue weighted by Crippen LogP contribution is -2.40. The van der Waals surface area contributed by atoms with Crippen molar-refractivity contribution < 1.29 is 9.53 Å². The SMILES string of the molecule is CCOc1ccc(-c2cc(C(=O)N3CCc4nc5ccc(Cl)cn5c(=O)c4C3)[nH]n2)cc1. The van der Waals surface area contributed by atoms with Crippen molar-refractivity contribution in [1.82, 2.24) is 24.5 Å². The van der Waals surface area contributed by atoms with Crippen LogP contribution >= 0.6 is 11.6 Å². The van der Waals surface area contributed by atoms with E-state index in [2.05, 4.69) is 15.2 Å². The van der Waals surface area contributed by atoms with Crippen molar-refractivity contribution in [3.05, 3.63) is 81.0 Å². The number of nitrogens with one attached hydrogen (secondary N) is 1. The molecule has 4 aromatic rings. The summed E-state index contributed by atoms with van der Waals surface area (Å²) in [6.45, 7) is 3.19. The predicted molar refractivity (Wildman–Crippen MR) is 120 cm³/mol. The molecule has 32 heavy (non-hydrogen) atoms. The topological polar surface area (TPSA) is 92.6 Å². The number of benzene rings is 1. The van der Waals surface area contributed by atoms with Crippen LogP contribution in [-0.4, -0.2) is 43.5 Å². The van der Waals surface area contributed by atoms with Gasteiger partial charge >= 0.3 is 0 Å². The van der Waals surface area contributed by atoms with Gasteiger partial charge in [-0.1, -0.05) is 11.6 Å². The van der Waals surface area contributed by atoms with Crippen LogP contribution in [-0.2, 0) is 13.0 Å². The summed E-state index contributed by atoms with van der Waals surface area (Å²) in [5.74, 6) is 0.569. The summed E-state index contributed by atoms with van der Waals surface area (Å²) in [7, 11) is 0. The number of H-pyrrole nitrogens is 1. The van der Waals surface area contributed by atoms with Gasteiger partial charge in [-0.2, -0.15) is 5.10 Å². The summed E-state index contributed by atoms with van der Waals surface area (Å²) in [6.07, 6.45) is 2.06. The molecule has 0 unspecified atom stereocenters. The third-order valence-electron chi connectivity index (χ3n) is 5.49. The van der Waals surface area contributed by atoms with E-state index >= 15 is 0 Å². The number of aromatic nitrogens is 4. The number of ether oxygens (including phenoxy) is 1. The number of carbonyl (C=O) groups is 1. The van der Waals surface area contributed by atoms with E-state index in [0.717, 1.165) is 17.0 Å². The van der Waals surface area contributed by atoms with Gasteiger partial charge in [0.05, 0.1) is 35.1 Å². The molecule has 1 N–H and O–H groups in total. The Balaban J connectivity index is 1.39. The van der Waals surface area contributed by atoms with Crippen LogP contribution < -0.4 is 10.3 Å². The largest absolute Gasteiger partial charge is 0.494 e. The van der Waals surface area contributed by atoms with Crippen LogP contribution in [0.15, 0.2) is 53.5 Å². The Labute approximate surface area is 188 Å². The molecule has 0 radical (unpaired) electrons. The summed E-state index contributed by atoms with van der Waals surface area (Å²) in [5, 5.41) is 7.56. The van der Waals surface area contributed by atoms with Crippen molar-refractivity contribution in [2.75, 3.05) is 13.2 Å². The molecule has 0 bridgehead atoms. The fourth-order valence-electron chi connectivity index (χ4n) is 3.88. The number of aromatic amines is 1. The molecule has 162 valence electrons. The van der Waals surface area contributed by atoms with Gasteiger partial charge in [-0.3, -0.25) is 19.1 Å². The number of rotatable bonds is 4. The lowest BCUT2D eigenvalue weighted by molar-refractivity contribution is 0.0726. The Morgan fingerprint density at radius 2 is 2.03 bits per heavy atom. The first-order valence-electron chi connectivity index (χ1n) is 10.3. The Bertz CT molecular complexity index is 1380. The molecular formula is C23H20ClN5O3. The molecule has 4 heterocycles. The molecule has 1 aliphatic heterocycles. The van der Waals surface area contributed by atoms with Gasteiger partial charge in [0.25, 0.3) is 11.5 Å². The van der Waals surface area contributed by atoms with Gasteiger partial charge in [0.15, 0.2) is 0 Å². The van der Waals surface area contributed by atoms with E-state index in [9.17, 15) is 9.59 Å². The maximum Gasteiger partial charge on any atom is 0.272 e. The number of carbonyl (C=O) groups excluding carboxylic acids is 1. The fourth-order valence-corrected chi connectivity index (χ4v) is 4.04. The van der Waals surface area contributed by atoms with Crippen LogP contribution in [0.1, 0.15) is 28.7 Å². The van der Waals surface area contributed by atoms with Crippen LogP contribution in [0.5, 0.6) is 5.75 Å². The fraction of sp³-hybridized carbons (Fsp3) is 0.217. The monoisotopic (exact) mass is 449 g/mol. The van der Waals surface area contributed by atoms with Crippen LogP contribution in [0.4, 0.5) is 0 Å². The minimum atomic E-state index is -0.212. The lowest BCUT2D eigenvalue weighted by atomic mass is 10.1. The summed E-state index contributed by atoms with van der Waals surface area (Å²) < 4.78 is 6.89. The molecule has 1 aromatic carbocycles. The third kappa shape index (κ3) is 3.62. The van der Waals surface area contributed by atoms with Crippen molar-refractivity contribution >= 4 is 23.2 Å². The average molecular weight is 450 g/mol. The van der Waals surface area contributed by atoms with Crippen molar-refractivity contribution in [3.8, 4) is 17.0 Å². The number of amides is 1. The second kappa shape index (κ2) is 8.12. The summed E-state index contributed by atoms with van der Waals surface area (Å²) in [4.78, 5) is 32.3. The molecule has 0 saturated carbocycles. The maximum absolute atomic E-state index is 13.1. The normalized spacial score (nSPS) is 13.2. The van der Waals surface area contributed by atoms with Gasteiger partial charge in [0.1, 0.15) is 17.1 Å². The molecule has 0 fully saturated rings. The summed E-state index contributed by atoms with van der Waals surface area (Å²) >= 11 is 6.04. The first-order chi connectivity index (χ1) is 15.5. The van der Waals surface area contributed by atoms with Gasteiger partial charge in [-0.25, -0.2) is 4.98 Å². The Hall–Kier alpha value is -3.65. The van der Waals surface area contributed by atoms with Gasteiger partial charge in [-0.15, -0.1) is 0 Å². The third-order valence-corrected chi connectivity index (χ3v) is 5.71. The number of hydrogen-bond acceptors (Lipinski definition) is 5. The first kappa shape index (κ1) is 20.3. The van der Waals surface area contributed by atoms with E-state index in [1.807, 2.05) is 31.2 Å². The molecular weight excluding hydrogens is 430 g/mol. The summed E-state index contributed by atoms with van der Waals surface area (Å²) in [5.41, 5.74) is 3.48. The van der Waals surface area contributed by atoms with E-state index < -0.39 is 0 Å². The highest BCUT2D eigenvalue weighted by Gasteiger charge is 2.27. The zero-order chi connectivity index (χ0) is 22.2. The second-order valence-electron chi connectivity index (χ2n) is 7.52. The van der Waals surface area contributed by atoms with Crippen molar-refractivity contribution in [1.29, 1.82) is 0 Å². The molecule has 9 heteroatoms. The van der Waals surface area contributed by atoms with Crippen LogP contribution in [0.2, 0.25) is 5.02 Å². The molecule has 0 saturated heterocycles.